The molecule has 5 nitrogen and oxygen atoms in total. The summed E-state index contributed by atoms with van der Waals surface area (Å²) in [5.74, 6) is -0.547. The highest BCUT2D eigenvalue weighted by molar-refractivity contribution is 8.18. The minimum absolute atomic E-state index is 0.122. The first-order valence-corrected chi connectivity index (χ1v) is 12.1. The van der Waals surface area contributed by atoms with Gasteiger partial charge < -0.3 is 9.30 Å². The number of amides is 2. The van der Waals surface area contributed by atoms with Gasteiger partial charge in [-0.3, -0.25) is 14.5 Å². The van der Waals surface area contributed by atoms with Gasteiger partial charge in [0.2, 0.25) is 0 Å². The van der Waals surface area contributed by atoms with Gasteiger partial charge in [-0.05, 0) is 47.7 Å². The van der Waals surface area contributed by atoms with Gasteiger partial charge in [0.25, 0.3) is 11.1 Å². The normalized spacial score (nSPS) is 14.9. The van der Waals surface area contributed by atoms with E-state index in [0.717, 1.165) is 28.2 Å². The van der Waals surface area contributed by atoms with Crippen LogP contribution in [-0.2, 0) is 17.9 Å². The molecule has 0 aliphatic carbocycles. The fourth-order valence-electron chi connectivity index (χ4n) is 3.97. The fourth-order valence-corrected chi connectivity index (χ4v) is 4.99. The van der Waals surface area contributed by atoms with E-state index in [2.05, 4.69) is 0 Å². The van der Waals surface area contributed by atoms with Crippen molar-refractivity contribution >= 4 is 51.5 Å². The zero-order chi connectivity index (χ0) is 24.4. The molecular weight excluding hydrogens is 487 g/mol. The molecule has 0 N–H and O–H groups in total. The predicted octanol–water partition coefficient (Wildman–Crippen LogP) is 6.75. The highest BCUT2D eigenvalue weighted by Gasteiger charge is 2.35. The summed E-state index contributed by atoms with van der Waals surface area (Å²) in [6.45, 7) is 0.876. The zero-order valence-electron chi connectivity index (χ0n) is 18.5. The standard InChI is InChI=1S/C27H20ClFN2O3S/c28-21-9-3-1-7-18(21)17-31-26(32)25(35-27(31)33)15-19-16-30(23-11-5-2-8-20(19)23)13-14-34-24-12-6-4-10-22(24)29/h1-12,15-16H,13-14,17H2/b25-15-. The quantitative estimate of drug-likeness (QED) is 0.260. The Morgan fingerprint density at radius 2 is 1.71 bits per heavy atom. The largest absolute Gasteiger partial charge is 0.489 e. The maximum absolute atomic E-state index is 13.8. The van der Waals surface area contributed by atoms with Crippen molar-refractivity contribution in [2.24, 2.45) is 0 Å². The maximum Gasteiger partial charge on any atom is 0.293 e. The third-order valence-electron chi connectivity index (χ3n) is 5.69. The number of aromatic nitrogens is 1. The summed E-state index contributed by atoms with van der Waals surface area (Å²) in [5.41, 5.74) is 2.48. The Hall–Kier alpha value is -3.55. The molecule has 1 fully saturated rings. The van der Waals surface area contributed by atoms with Crippen molar-refractivity contribution in [3.63, 3.8) is 0 Å². The Kier molecular flexibility index (Phi) is 6.61. The Bertz CT molecular complexity index is 1470. The number of imide groups is 1. The van der Waals surface area contributed by atoms with Crippen molar-refractivity contribution in [3.8, 4) is 5.75 Å². The van der Waals surface area contributed by atoms with Crippen LogP contribution in [0.3, 0.4) is 0 Å². The van der Waals surface area contributed by atoms with Gasteiger partial charge >= 0.3 is 0 Å². The lowest BCUT2D eigenvalue weighted by Gasteiger charge is -2.13. The molecule has 4 aromatic rings. The summed E-state index contributed by atoms with van der Waals surface area (Å²) >= 11 is 7.13. The van der Waals surface area contributed by atoms with Gasteiger partial charge in [0.1, 0.15) is 6.61 Å². The average Bonchev–Trinajstić information content (AvgIpc) is 3.34. The van der Waals surface area contributed by atoms with E-state index in [4.69, 9.17) is 16.3 Å². The second-order valence-corrected chi connectivity index (χ2v) is 9.33. The SMILES string of the molecule is O=C1S/C(=C\c2cn(CCOc3ccccc3F)c3ccccc23)C(=O)N1Cc1ccccc1Cl. The van der Waals surface area contributed by atoms with Gasteiger partial charge in [0, 0.05) is 27.7 Å². The van der Waals surface area contributed by atoms with Crippen molar-refractivity contribution < 1.29 is 18.7 Å². The maximum atomic E-state index is 13.8. The van der Waals surface area contributed by atoms with E-state index in [1.165, 1.54) is 11.0 Å². The molecule has 1 aliphatic rings. The molecule has 1 aromatic heterocycles. The Balaban J connectivity index is 1.37. The number of para-hydroxylation sites is 2. The minimum atomic E-state index is -0.405. The van der Waals surface area contributed by atoms with E-state index < -0.39 is 5.82 Å². The van der Waals surface area contributed by atoms with Crippen molar-refractivity contribution in [1.29, 1.82) is 0 Å². The van der Waals surface area contributed by atoms with E-state index in [-0.39, 0.29) is 30.0 Å². The first-order valence-electron chi connectivity index (χ1n) is 11.0. The molecule has 3 aromatic carbocycles. The zero-order valence-corrected chi connectivity index (χ0v) is 20.1. The van der Waals surface area contributed by atoms with Crippen LogP contribution < -0.4 is 4.74 Å². The van der Waals surface area contributed by atoms with Crippen LogP contribution in [0.1, 0.15) is 11.1 Å². The average molecular weight is 507 g/mol. The molecule has 1 aliphatic heterocycles. The summed E-state index contributed by atoms with van der Waals surface area (Å²) in [4.78, 5) is 27.2. The van der Waals surface area contributed by atoms with Crippen LogP contribution in [0.25, 0.3) is 17.0 Å². The first-order chi connectivity index (χ1) is 17.0. The number of thioether (sulfide) groups is 1. The lowest BCUT2D eigenvalue weighted by molar-refractivity contribution is -0.123. The number of benzene rings is 3. The van der Waals surface area contributed by atoms with Crippen LogP contribution in [0.2, 0.25) is 5.02 Å². The molecule has 35 heavy (non-hydrogen) atoms. The van der Waals surface area contributed by atoms with Crippen LogP contribution in [0.15, 0.2) is 83.9 Å². The number of nitrogens with zero attached hydrogens (tertiary/aromatic N) is 2. The number of rotatable bonds is 7. The van der Waals surface area contributed by atoms with E-state index in [0.29, 0.717) is 22.0 Å². The molecule has 2 heterocycles. The summed E-state index contributed by atoms with van der Waals surface area (Å²) < 4.78 is 21.5. The van der Waals surface area contributed by atoms with Crippen molar-refractivity contribution in [3.05, 3.63) is 106 Å². The van der Waals surface area contributed by atoms with Gasteiger partial charge in [0.05, 0.1) is 18.0 Å². The number of hydrogen-bond donors (Lipinski definition) is 0. The number of carbonyl (C=O) groups excluding carboxylic acids is 2. The third kappa shape index (κ3) is 4.83. The van der Waals surface area contributed by atoms with Gasteiger partial charge in [-0.25, -0.2) is 4.39 Å². The fraction of sp³-hybridized carbons (Fsp3) is 0.111. The van der Waals surface area contributed by atoms with Crippen LogP contribution >= 0.6 is 23.4 Å². The van der Waals surface area contributed by atoms with Crippen LogP contribution in [0, 0.1) is 5.82 Å². The van der Waals surface area contributed by atoms with Gasteiger partial charge in [-0.2, -0.15) is 0 Å². The lowest BCUT2D eigenvalue weighted by Crippen LogP contribution is -2.27. The molecule has 1 saturated heterocycles. The minimum Gasteiger partial charge on any atom is -0.489 e. The summed E-state index contributed by atoms with van der Waals surface area (Å²) in [7, 11) is 0. The second kappa shape index (κ2) is 9.98. The smallest absolute Gasteiger partial charge is 0.293 e. The molecule has 0 radical (unpaired) electrons. The number of ether oxygens (including phenoxy) is 1. The molecule has 2 amide bonds. The topological polar surface area (TPSA) is 51.5 Å². The van der Waals surface area contributed by atoms with Gasteiger partial charge in [0.15, 0.2) is 11.6 Å². The van der Waals surface area contributed by atoms with E-state index >= 15 is 0 Å². The van der Waals surface area contributed by atoms with E-state index in [1.807, 2.05) is 41.1 Å². The summed E-state index contributed by atoms with van der Waals surface area (Å²) in [6.07, 6.45) is 3.66. The number of carbonyl (C=O) groups is 2. The van der Waals surface area contributed by atoms with E-state index in [1.54, 1.807) is 42.5 Å². The van der Waals surface area contributed by atoms with Crippen LogP contribution in [-0.4, -0.2) is 27.2 Å². The first kappa shape index (κ1) is 23.2. The molecular formula is C27H20ClFN2O3S. The van der Waals surface area contributed by atoms with Crippen molar-refractivity contribution in [2.45, 2.75) is 13.1 Å². The molecule has 0 saturated carbocycles. The highest BCUT2D eigenvalue weighted by Crippen LogP contribution is 2.35. The molecule has 0 atom stereocenters. The van der Waals surface area contributed by atoms with Crippen LogP contribution in [0.5, 0.6) is 5.75 Å². The summed E-state index contributed by atoms with van der Waals surface area (Å²) in [6, 6.07) is 21.2. The van der Waals surface area contributed by atoms with Gasteiger partial charge in [-0.1, -0.05) is 60.1 Å². The third-order valence-corrected chi connectivity index (χ3v) is 6.97. The molecule has 0 unspecified atom stereocenters. The molecule has 5 rings (SSSR count). The van der Waals surface area contributed by atoms with Gasteiger partial charge in [-0.15, -0.1) is 0 Å². The van der Waals surface area contributed by atoms with Crippen molar-refractivity contribution in [2.75, 3.05) is 6.61 Å². The number of fused-ring (bicyclic) bond motifs is 1. The van der Waals surface area contributed by atoms with Crippen molar-refractivity contribution in [1.82, 2.24) is 9.47 Å². The molecule has 0 spiro atoms. The Labute approximate surface area is 210 Å². The molecule has 8 heteroatoms. The predicted molar refractivity (Wildman–Crippen MR) is 137 cm³/mol. The monoisotopic (exact) mass is 506 g/mol. The van der Waals surface area contributed by atoms with Crippen LogP contribution in [0.4, 0.5) is 9.18 Å². The highest BCUT2D eigenvalue weighted by atomic mass is 35.5. The molecule has 176 valence electrons. The Morgan fingerprint density at radius 1 is 0.971 bits per heavy atom. The van der Waals surface area contributed by atoms with E-state index in [9.17, 15) is 14.0 Å². The summed E-state index contributed by atoms with van der Waals surface area (Å²) in [5, 5.41) is 1.12. The number of hydrogen-bond acceptors (Lipinski definition) is 4. The second-order valence-electron chi connectivity index (χ2n) is 7.93. The number of halogens is 2. The molecule has 0 bridgehead atoms. The lowest BCUT2D eigenvalue weighted by atomic mass is 10.1. The Morgan fingerprint density at radius 3 is 2.54 bits per heavy atom.